The van der Waals surface area contributed by atoms with Crippen molar-refractivity contribution >= 4 is 0 Å². The lowest BCUT2D eigenvalue weighted by Gasteiger charge is -2.39. The molecule has 3 heterocycles. The zero-order valence-corrected chi connectivity index (χ0v) is 17.6. The molecule has 0 bridgehead atoms. The average Bonchev–Trinajstić information content (AvgIpc) is 3.20. The van der Waals surface area contributed by atoms with E-state index < -0.39 is 0 Å². The minimum absolute atomic E-state index is 0.177. The van der Waals surface area contributed by atoms with Crippen LogP contribution in [-0.4, -0.2) is 52.7 Å². The van der Waals surface area contributed by atoms with Crippen LogP contribution in [0.4, 0.5) is 0 Å². The first-order valence-corrected chi connectivity index (χ1v) is 11.0. The maximum Gasteiger partial charge on any atom is 0.247 e. The van der Waals surface area contributed by atoms with Crippen LogP contribution in [0.5, 0.6) is 0 Å². The van der Waals surface area contributed by atoms with E-state index in [1.807, 2.05) is 12.1 Å². The Kier molecular flexibility index (Phi) is 6.12. The van der Waals surface area contributed by atoms with E-state index in [4.69, 9.17) is 4.42 Å². The number of piperidine rings is 2. The molecule has 5 nitrogen and oxygen atoms in total. The minimum atomic E-state index is 0.177. The van der Waals surface area contributed by atoms with E-state index in [1.165, 1.54) is 50.9 Å². The Bertz CT molecular complexity index is 748. The average molecular weight is 383 g/mol. The van der Waals surface area contributed by atoms with Crippen molar-refractivity contribution in [2.75, 3.05) is 32.7 Å². The Morgan fingerprint density at radius 1 is 1.07 bits per heavy atom. The van der Waals surface area contributed by atoms with Crippen molar-refractivity contribution in [2.45, 2.75) is 52.5 Å². The molecule has 4 rings (SSSR count). The van der Waals surface area contributed by atoms with E-state index in [0.717, 1.165) is 36.4 Å². The van der Waals surface area contributed by atoms with Crippen LogP contribution in [0.3, 0.4) is 0 Å². The predicted molar refractivity (Wildman–Crippen MR) is 112 cm³/mol. The number of aromatic nitrogens is 2. The molecule has 2 aromatic rings. The van der Waals surface area contributed by atoms with Crippen LogP contribution in [0.2, 0.25) is 0 Å². The highest BCUT2D eigenvalue weighted by molar-refractivity contribution is 5.52. The molecule has 0 spiro atoms. The van der Waals surface area contributed by atoms with Crippen LogP contribution >= 0.6 is 0 Å². The second-order valence-electron chi connectivity index (χ2n) is 8.97. The van der Waals surface area contributed by atoms with Gasteiger partial charge in [-0.05, 0) is 83.1 Å². The third-order valence-electron chi connectivity index (χ3n) is 6.59. The first-order chi connectivity index (χ1) is 13.6. The molecule has 1 aromatic heterocycles. The van der Waals surface area contributed by atoms with Crippen LogP contribution in [0, 0.1) is 18.8 Å². The zero-order chi connectivity index (χ0) is 19.5. The molecule has 5 heteroatoms. The summed E-state index contributed by atoms with van der Waals surface area (Å²) < 4.78 is 6.05. The monoisotopic (exact) mass is 382 g/mol. The molecule has 2 aliphatic rings. The lowest BCUT2D eigenvalue weighted by molar-refractivity contribution is 0.0828. The Morgan fingerprint density at radius 3 is 2.57 bits per heavy atom. The molecule has 28 heavy (non-hydrogen) atoms. The molecule has 2 fully saturated rings. The number of rotatable bonds is 5. The Morgan fingerprint density at radius 2 is 1.82 bits per heavy atom. The predicted octanol–water partition coefficient (Wildman–Crippen LogP) is 4.55. The van der Waals surface area contributed by atoms with Crippen LogP contribution in [0.1, 0.15) is 57.0 Å². The summed E-state index contributed by atoms with van der Waals surface area (Å²) in [7, 11) is 0. The van der Waals surface area contributed by atoms with Gasteiger partial charge in [0.1, 0.15) is 0 Å². The fourth-order valence-corrected chi connectivity index (χ4v) is 4.58. The molecule has 0 aliphatic carbocycles. The zero-order valence-electron chi connectivity index (χ0n) is 17.6. The third kappa shape index (κ3) is 4.64. The standard InChI is InChI=1S/C23H34N4O/c1-17-6-8-21(9-7-17)23-25-24-22(28-23)19(3)27-12-4-5-20(16-27)15-26-13-10-18(2)11-14-26/h6-9,18-20H,4-5,10-16H2,1-3H3. The number of likely N-dealkylation sites (tertiary alicyclic amines) is 2. The van der Waals surface area contributed by atoms with Crippen LogP contribution in [-0.2, 0) is 0 Å². The second kappa shape index (κ2) is 8.75. The van der Waals surface area contributed by atoms with Crippen molar-refractivity contribution in [3.8, 4) is 11.5 Å². The highest BCUT2D eigenvalue weighted by Crippen LogP contribution is 2.29. The SMILES string of the molecule is Cc1ccc(-c2nnc(C(C)N3CCCC(CN4CCC(C)CC4)C3)o2)cc1. The molecule has 0 radical (unpaired) electrons. The van der Waals surface area contributed by atoms with Crippen LogP contribution in [0.15, 0.2) is 28.7 Å². The van der Waals surface area contributed by atoms with Crippen molar-refractivity contribution in [3.63, 3.8) is 0 Å². The van der Waals surface area contributed by atoms with Gasteiger partial charge >= 0.3 is 0 Å². The maximum atomic E-state index is 6.05. The van der Waals surface area contributed by atoms with Gasteiger partial charge in [0.15, 0.2) is 0 Å². The summed E-state index contributed by atoms with van der Waals surface area (Å²) in [6.45, 7) is 12.7. The van der Waals surface area contributed by atoms with Gasteiger partial charge in [0.05, 0.1) is 6.04 Å². The molecular weight excluding hydrogens is 348 g/mol. The van der Waals surface area contributed by atoms with Gasteiger partial charge in [-0.25, -0.2) is 0 Å². The number of hydrogen-bond acceptors (Lipinski definition) is 5. The number of nitrogens with zero attached hydrogens (tertiary/aromatic N) is 4. The number of aryl methyl sites for hydroxylation is 1. The van der Waals surface area contributed by atoms with Crippen molar-refractivity contribution in [2.24, 2.45) is 11.8 Å². The van der Waals surface area contributed by atoms with E-state index >= 15 is 0 Å². The Labute approximate surface area is 169 Å². The molecule has 0 N–H and O–H groups in total. The molecule has 0 amide bonds. The first kappa shape index (κ1) is 19.6. The second-order valence-corrected chi connectivity index (χ2v) is 8.97. The van der Waals surface area contributed by atoms with Gasteiger partial charge in [-0.1, -0.05) is 24.6 Å². The van der Waals surface area contributed by atoms with Gasteiger partial charge in [0, 0.05) is 18.7 Å². The minimum Gasteiger partial charge on any atom is -0.419 e. The van der Waals surface area contributed by atoms with Crippen LogP contribution in [0.25, 0.3) is 11.5 Å². The van der Waals surface area contributed by atoms with Gasteiger partial charge in [0.25, 0.3) is 0 Å². The fourth-order valence-electron chi connectivity index (χ4n) is 4.58. The van der Waals surface area contributed by atoms with E-state index in [2.05, 4.69) is 52.9 Å². The topological polar surface area (TPSA) is 45.4 Å². The quantitative estimate of drug-likeness (QED) is 0.759. The van der Waals surface area contributed by atoms with Crippen molar-refractivity contribution in [3.05, 3.63) is 35.7 Å². The summed E-state index contributed by atoms with van der Waals surface area (Å²) >= 11 is 0. The number of benzene rings is 1. The summed E-state index contributed by atoms with van der Waals surface area (Å²) in [6.07, 6.45) is 5.32. The molecular formula is C23H34N4O. The third-order valence-corrected chi connectivity index (χ3v) is 6.59. The van der Waals surface area contributed by atoms with Gasteiger partial charge in [-0.2, -0.15) is 0 Å². The number of hydrogen-bond donors (Lipinski definition) is 0. The van der Waals surface area contributed by atoms with Gasteiger partial charge in [-0.15, -0.1) is 10.2 Å². The molecule has 1 aromatic carbocycles. The van der Waals surface area contributed by atoms with Gasteiger partial charge in [0.2, 0.25) is 11.8 Å². The molecule has 2 aliphatic heterocycles. The van der Waals surface area contributed by atoms with E-state index in [0.29, 0.717) is 5.89 Å². The van der Waals surface area contributed by atoms with E-state index in [1.54, 1.807) is 0 Å². The van der Waals surface area contributed by atoms with Gasteiger partial charge < -0.3 is 9.32 Å². The van der Waals surface area contributed by atoms with Crippen molar-refractivity contribution in [1.82, 2.24) is 20.0 Å². The van der Waals surface area contributed by atoms with Crippen molar-refractivity contribution < 1.29 is 4.42 Å². The smallest absolute Gasteiger partial charge is 0.247 e. The summed E-state index contributed by atoms with van der Waals surface area (Å²) in [5.74, 6) is 3.02. The van der Waals surface area contributed by atoms with Gasteiger partial charge in [-0.3, -0.25) is 4.90 Å². The van der Waals surface area contributed by atoms with E-state index in [9.17, 15) is 0 Å². The fraction of sp³-hybridized carbons (Fsp3) is 0.652. The van der Waals surface area contributed by atoms with Crippen molar-refractivity contribution in [1.29, 1.82) is 0 Å². The summed E-state index contributed by atoms with van der Waals surface area (Å²) in [5, 5.41) is 8.67. The lowest BCUT2D eigenvalue weighted by atomic mass is 9.93. The first-order valence-electron chi connectivity index (χ1n) is 11.0. The highest BCUT2D eigenvalue weighted by Gasteiger charge is 2.29. The Hall–Kier alpha value is -1.72. The largest absolute Gasteiger partial charge is 0.419 e. The highest BCUT2D eigenvalue weighted by atomic mass is 16.4. The van der Waals surface area contributed by atoms with Crippen LogP contribution < -0.4 is 0 Å². The molecule has 0 saturated carbocycles. The summed E-state index contributed by atoms with van der Waals surface area (Å²) in [6, 6.07) is 8.44. The summed E-state index contributed by atoms with van der Waals surface area (Å²) in [4.78, 5) is 5.22. The molecule has 2 unspecified atom stereocenters. The lowest BCUT2D eigenvalue weighted by Crippen LogP contribution is -2.43. The Balaban J connectivity index is 1.36. The van der Waals surface area contributed by atoms with E-state index in [-0.39, 0.29) is 6.04 Å². The molecule has 2 atom stereocenters. The normalized spacial score (nSPS) is 23.8. The molecule has 2 saturated heterocycles. The maximum absolute atomic E-state index is 6.05. The summed E-state index contributed by atoms with van der Waals surface area (Å²) in [5.41, 5.74) is 2.23. The molecule has 152 valence electrons.